The van der Waals surface area contributed by atoms with Crippen molar-refractivity contribution in [2.45, 2.75) is 6.92 Å². The fourth-order valence-electron chi connectivity index (χ4n) is 3.20. The normalized spacial score (nSPS) is 11.0. The molecule has 0 bridgehead atoms. The second kappa shape index (κ2) is 7.25. The lowest BCUT2D eigenvalue weighted by Crippen LogP contribution is -2.13. The van der Waals surface area contributed by atoms with Crippen LogP contribution in [0.1, 0.15) is 16.2 Å². The van der Waals surface area contributed by atoms with Crippen molar-refractivity contribution in [2.24, 2.45) is 0 Å². The van der Waals surface area contributed by atoms with Crippen molar-refractivity contribution >= 4 is 17.2 Å². The molecule has 30 heavy (non-hydrogen) atoms. The number of nitrogens with zero attached hydrogens (tertiary/aromatic N) is 6. The Morgan fingerprint density at radius 2 is 1.87 bits per heavy atom. The Morgan fingerprint density at radius 3 is 2.70 bits per heavy atom. The Hall–Kier alpha value is -4.33. The molecule has 5 aromatic rings. The predicted octanol–water partition coefficient (Wildman–Crippen LogP) is 3.54. The lowest BCUT2D eigenvalue weighted by Gasteiger charge is -2.07. The van der Waals surface area contributed by atoms with Gasteiger partial charge in [0.25, 0.3) is 5.91 Å². The van der Waals surface area contributed by atoms with Gasteiger partial charge in [0.15, 0.2) is 17.2 Å². The molecule has 4 aromatic heterocycles. The molecular formula is C22H17N7O. The highest BCUT2D eigenvalue weighted by molar-refractivity contribution is 6.03. The number of carbonyl (C=O) groups excluding carboxylic acids is 1. The highest BCUT2D eigenvalue weighted by Crippen LogP contribution is 2.24. The third-order valence-corrected chi connectivity index (χ3v) is 4.63. The third kappa shape index (κ3) is 3.30. The highest BCUT2D eigenvalue weighted by atomic mass is 16.2. The fourth-order valence-corrected chi connectivity index (χ4v) is 3.20. The standard InChI is InChI=1S/C22H17N7O/c1-15-6-5-9-21(25-15)29-19(16-10-11-20-23-14-24-28(20)13-16)12-18(27-29)22(30)26-17-7-3-2-4-8-17/h2-14H,1H3,(H,26,30). The number of carbonyl (C=O) groups is 1. The van der Waals surface area contributed by atoms with E-state index in [0.717, 1.165) is 22.6 Å². The molecule has 0 radical (unpaired) electrons. The summed E-state index contributed by atoms with van der Waals surface area (Å²) in [6.45, 7) is 1.91. The molecule has 4 heterocycles. The number of benzene rings is 1. The van der Waals surface area contributed by atoms with Crippen molar-refractivity contribution in [3.63, 3.8) is 0 Å². The van der Waals surface area contributed by atoms with Gasteiger partial charge < -0.3 is 5.32 Å². The summed E-state index contributed by atoms with van der Waals surface area (Å²) >= 11 is 0. The minimum atomic E-state index is -0.296. The average Bonchev–Trinajstić information content (AvgIpc) is 3.41. The molecule has 0 unspecified atom stereocenters. The van der Waals surface area contributed by atoms with Gasteiger partial charge in [-0.3, -0.25) is 4.79 Å². The van der Waals surface area contributed by atoms with Gasteiger partial charge in [-0.2, -0.15) is 10.2 Å². The van der Waals surface area contributed by atoms with E-state index in [2.05, 4.69) is 25.5 Å². The van der Waals surface area contributed by atoms with Crippen LogP contribution in [0, 0.1) is 6.92 Å². The third-order valence-electron chi connectivity index (χ3n) is 4.63. The van der Waals surface area contributed by atoms with Crippen LogP contribution in [-0.4, -0.2) is 35.3 Å². The number of amides is 1. The maximum Gasteiger partial charge on any atom is 0.276 e. The van der Waals surface area contributed by atoms with E-state index in [4.69, 9.17) is 0 Å². The molecule has 1 amide bonds. The van der Waals surface area contributed by atoms with Crippen LogP contribution < -0.4 is 5.32 Å². The summed E-state index contributed by atoms with van der Waals surface area (Å²) in [5, 5.41) is 11.6. The van der Waals surface area contributed by atoms with Crippen LogP contribution in [0.4, 0.5) is 5.69 Å². The zero-order valence-corrected chi connectivity index (χ0v) is 16.1. The van der Waals surface area contributed by atoms with Crippen LogP contribution in [0.25, 0.3) is 22.7 Å². The molecule has 8 heteroatoms. The number of hydrogen-bond acceptors (Lipinski definition) is 5. The number of fused-ring (bicyclic) bond motifs is 1. The van der Waals surface area contributed by atoms with Gasteiger partial charge in [0.2, 0.25) is 0 Å². The van der Waals surface area contributed by atoms with Crippen molar-refractivity contribution in [2.75, 3.05) is 5.32 Å². The number of anilines is 1. The van der Waals surface area contributed by atoms with Crippen LogP contribution in [-0.2, 0) is 0 Å². The average molecular weight is 395 g/mol. The van der Waals surface area contributed by atoms with Gasteiger partial charge in [-0.05, 0) is 49.4 Å². The summed E-state index contributed by atoms with van der Waals surface area (Å²) in [7, 11) is 0. The summed E-state index contributed by atoms with van der Waals surface area (Å²) in [6.07, 6.45) is 3.35. The van der Waals surface area contributed by atoms with Gasteiger partial charge in [0, 0.05) is 23.1 Å². The van der Waals surface area contributed by atoms with E-state index in [0.29, 0.717) is 11.5 Å². The van der Waals surface area contributed by atoms with Crippen molar-refractivity contribution in [3.05, 3.63) is 90.6 Å². The molecule has 0 aliphatic carbocycles. The van der Waals surface area contributed by atoms with Crippen molar-refractivity contribution in [3.8, 4) is 17.1 Å². The number of para-hydroxylation sites is 1. The first-order valence-electron chi connectivity index (χ1n) is 9.38. The Bertz CT molecular complexity index is 1350. The Labute approximate surface area is 171 Å². The molecule has 0 spiro atoms. The van der Waals surface area contributed by atoms with Crippen LogP contribution in [0.5, 0.6) is 0 Å². The molecular weight excluding hydrogens is 378 g/mol. The first-order valence-corrected chi connectivity index (χ1v) is 9.38. The number of rotatable bonds is 4. The highest BCUT2D eigenvalue weighted by Gasteiger charge is 2.18. The monoisotopic (exact) mass is 395 g/mol. The van der Waals surface area contributed by atoms with Gasteiger partial charge >= 0.3 is 0 Å². The van der Waals surface area contributed by atoms with E-state index < -0.39 is 0 Å². The minimum absolute atomic E-state index is 0.288. The van der Waals surface area contributed by atoms with Crippen molar-refractivity contribution in [1.29, 1.82) is 0 Å². The molecule has 0 aliphatic rings. The summed E-state index contributed by atoms with van der Waals surface area (Å²) in [5.74, 6) is 0.332. The van der Waals surface area contributed by atoms with Gasteiger partial charge in [0.1, 0.15) is 6.33 Å². The topological polar surface area (TPSA) is 90.0 Å². The van der Waals surface area contributed by atoms with E-state index in [-0.39, 0.29) is 11.6 Å². The molecule has 0 saturated heterocycles. The molecule has 8 nitrogen and oxygen atoms in total. The largest absolute Gasteiger partial charge is 0.321 e. The van der Waals surface area contributed by atoms with E-state index in [9.17, 15) is 4.79 Å². The zero-order valence-electron chi connectivity index (χ0n) is 16.1. The van der Waals surface area contributed by atoms with Crippen LogP contribution in [0.3, 0.4) is 0 Å². The van der Waals surface area contributed by atoms with Gasteiger partial charge in [-0.15, -0.1) is 0 Å². The second-order valence-corrected chi connectivity index (χ2v) is 6.76. The van der Waals surface area contributed by atoms with E-state index in [1.54, 1.807) is 15.3 Å². The van der Waals surface area contributed by atoms with E-state index >= 15 is 0 Å². The fraction of sp³-hybridized carbons (Fsp3) is 0.0455. The summed E-state index contributed by atoms with van der Waals surface area (Å²) in [6, 6.07) is 20.5. The quantitative estimate of drug-likeness (QED) is 0.503. The van der Waals surface area contributed by atoms with Gasteiger partial charge in [-0.25, -0.2) is 19.2 Å². The Kier molecular flexibility index (Phi) is 4.29. The lowest BCUT2D eigenvalue weighted by molar-refractivity contribution is 0.102. The van der Waals surface area contributed by atoms with E-state index in [1.807, 2.05) is 73.8 Å². The number of aryl methyl sites for hydroxylation is 1. The van der Waals surface area contributed by atoms with Crippen molar-refractivity contribution in [1.82, 2.24) is 29.4 Å². The maximum absolute atomic E-state index is 12.8. The number of pyridine rings is 2. The SMILES string of the molecule is Cc1cccc(-n2nc(C(=O)Nc3ccccc3)cc2-c2ccc3ncnn3c2)n1. The summed E-state index contributed by atoms with van der Waals surface area (Å²) < 4.78 is 3.35. The second-order valence-electron chi connectivity index (χ2n) is 6.76. The molecule has 1 aromatic carbocycles. The molecule has 1 N–H and O–H groups in total. The molecule has 5 rings (SSSR count). The number of nitrogens with one attached hydrogen (secondary N) is 1. The molecule has 0 saturated carbocycles. The molecule has 0 atom stereocenters. The smallest absolute Gasteiger partial charge is 0.276 e. The predicted molar refractivity (Wildman–Crippen MR) is 112 cm³/mol. The minimum Gasteiger partial charge on any atom is -0.321 e. The van der Waals surface area contributed by atoms with E-state index in [1.165, 1.54) is 6.33 Å². The summed E-state index contributed by atoms with van der Waals surface area (Å²) in [4.78, 5) is 21.6. The molecule has 0 fully saturated rings. The molecule has 0 aliphatic heterocycles. The number of aromatic nitrogens is 6. The first-order chi connectivity index (χ1) is 14.7. The molecule has 146 valence electrons. The number of hydrogen-bond donors (Lipinski definition) is 1. The van der Waals surface area contributed by atoms with Gasteiger partial charge in [0.05, 0.1) is 5.69 Å². The Balaban J connectivity index is 1.61. The van der Waals surface area contributed by atoms with Gasteiger partial charge in [-0.1, -0.05) is 24.3 Å². The Morgan fingerprint density at radius 1 is 1.00 bits per heavy atom. The first kappa shape index (κ1) is 17.7. The lowest BCUT2D eigenvalue weighted by atomic mass is 10.2. The van der Waals surface area contributed by atoms with Crippen molar-refractivity contribution < 1.29 is 4.79 Å². The van der Waals surface area contributed by atoms with Crippen LogP contribution >= 0.6 is 0 Å². The van der Waals surface area contributed by atoms with Crippen LogP contribution in [0.15, 0.2) is 79.3 Å². The maximum atomic E-state index is 12.8. The zero-order chi connectivity index (χ0) is 20.5. The summed E-state index contributed by atoms with van der Waals surface area (Å²) in [5.41, 5.74) is 4.15. The van der Waals surface area contributed by atoms with Crippen LogP contribution in [0.2, 0.25) is 0 Å².